The number of rotatable bonds is 4. The van der Waals surface area contributed by atoms with Crippen molar-refractivity contribution >= 4 is 38.9 Å². The number of benzene rings is 3. The average Bonchev–Trinajstić information content (AvgIpc) is 2.57. The van der Waals surface area contributed by atoms with Crippen LogP contribution in [0.5, 0.6) is 0 Å². The molecule has 0 aromatic heterocycles. The molecule has 0 aliphatic heterocycles. The fourth-order valence-corrected chi connectivity index (χ4v) is 2.53. The summed E-state index contributed by atoms with van der Waals surface area (Å²) in [5.74, 6) is -1.05. The fraction of sp³-hybridized carbons (Fsp3) is 0. The highest BCUT2D eigenvalue weighted by atomic mass is 79.9. The van der Waals surface area contributed by atoms with Crippen LogP contribution < -0.4 is 10.6 Å². The lowest BCUT2D eigenvalue weighted by atomic mass is 10.2. The third kappa shape index (κ3) is 4.00. The second-order valence-corrected chi connectivity index (χ2v) is 6.06. The Labute approximate surface area is 147 Å². The molecule has 120 valence electrons. The standard InChI is InChI=1S/C19H14BrFN2O/c20-13-6-11-17(18(21)12-13)19(24)23-16-9-7-15(8-10-16)22-14-4-2-1-3-5-14/h1-12,22H,(H,23,24). The number of carbonyl (C=O) groups excluding carboxylic acids is 1. The van der Waals surface area contributed by atoms with Gasteiger partial charge >= 0.3 is 0 Å². The van der Waals surface area contributed by atoms with Crippen molar-refractivity contribution in [2.24, 2.45) is 0 Å². The van der Waals surface area contributed by atoms with Gasteiger partial charge in [-0.15, -0.1) is 0 Å². The van der Waals surface area contributed by atoms with E-state index in [1.54, 1.807) is 18.2 Å². The molecule has 0 spiro atoms. The van der Waals surface area contributed by atoms with Gasteiger partial charge < -0.3 is 10.6 Å². The normalized spacial score (nSPS) is 10.2. The molecule has 0 radical (unpaired) electrons. The van der Waals surface area contributed by atoms with Crippen LogP contribution in [-0.4, -0.2) is 5.91 Å². The third-order valence-electron chi connectivity index (χ3n) is 3.38. The van der Waals surface area contributed by atoms with Crippen LogP contribution in [0.2, 0.25) is 0 Å². The van der Waals surface area contributed by atoms with Gasteiger partial charge in [-0.3, -0.25) is 4.79 Å². The number of halogens is 2. The van der Waals surface area contributed by atoms with Gasteiger partial charge in [-0.2, -0.15) is 0 Å². The Kier molecular flexibility index (Phi) is 4.91. The zero-order valence-corrected chi connectivity index (χ0v) is 14.2. The molecule has 0 fully saturated rings. The van der Waals surface area contributed by atoms with E-state index >= 15 is 0 Å². The molecule has 1 amide bonds. The molecule has 0 aliphatic carbocycles. The quantitative estimate of drug-likeness (QED) is 0.615. The molecule has 0 atom stereocenters. The summed E-state index contributed by atoms with van der Waals surface area (Å²) in [5, 5.41) is 5.94. The number of carbonyl (C=O) groups is 1. The Morgan fingerprint density at radius 3 is 2.12 bits per heavy atom. The third-order valence-corrected chi connectivity index (χ3v) is 3.87. The minimum Gasteiger partial charge on any atom is -0.356 e. The lowest BCUT2D eigenvalue weighted by Crippen LogP contribution is -2.13. The van der Waals surface area contributed by atoms with Crippen molar-refractivity contribution in [3.05, 3.63) is 88.6 Å². The van der Waals surface area contributed by atoms with Crippen LogP contribution in [0.25, 0.3) is 0 Å². The number of amides is 1. The predicted octanol–water partition coefficient (Wildman–Crippen LogP) is 5.58. The Hall–Kier alpha value is -2.66. The van der Waals surface area contributed by atoms with Crippen LogP contribution in [0.4, 0.5) is 21.5 Å². The lowest BCUT2D eigenvalue weighted by molar-refractivity contribution is 0.102. The van der Waals surface area contributed by atoms with Gasteiger partial charge in [0.05, 0.1) is 5.56 Å². The van der Waals surface area contributed by atoms with Crippen molar-refractivity contribution in [2.45, 2.75) is 0 Å². The van der Waals surface area contributed by atoms with Crippen LogP contribution in [0, 0.1) is 5.82 Å². The molecule has 3 aromatic rings. The van der Waals surface area contributed by atoms with Crippen molar-refractivity contribution in [1.29, 1.82) is 0 Å². The Morgan fingerprint density at radius 2 is 1.46 bits per heavy atom. The smallest absolute Gasteiger partial charge is 0.258 e. The maximum atomic E-state index is 13.8. The van der Waals surface area contributed by atoms with Crippen LogP contribution in [-0.2, 0) is 0 Å². The maximum absolute atomic E-state index is 13.8. The summed E-state index contributed by atoms with van der Waals surface area (Å²) in [5.41, 5.74) is 2.48. The number of para-hydroxylation sites is 1. The monoisotopic (exact) mass is 384 g/mol. The molecule has 24 heavy (non-hydrogen) atoms. The van der Waals surface area contributed by atoms with E-state index in [0.29, 0.717) is 10.2 Å². The first kappa shape index (κ1) is 16.2. The molecule has 0 unspecified atom stereocenters. The van der Waals surface area contributed by atoms with Gasteiger partial charge in [-0.1, -0.05) is 34.1 Å². The fourth-order valence-electron chi connectivity index (χ4n) is 2.20. The lowest BCUT2D eigenvalue weighted by Gasteiger charge is -2.09. The zero-order valence-electron chi connectivity index (χ0n) is 12.6. The molecular weight excluding hydrogens is 371 g/mol. The number of hydrogen-bond acceptors (Lipinski definition) is 2. The van der Waals surface area contributed by atoms with E-state index in [2.05, 4.69) is 26.6 Å². The Bertz CT molecular complexity index is 851. The molecule has 0 saturated heterocycles. The summed E-state index contributed by atoms with van der Waals surface area (Å²) in [4.78, 5) is 12.1. The highest BCUT2D eigenvalue weighted by Crippen LogP contribution is 2.20. The van der Waals surface area contributed by atoms with Crippen molar-refractivity contribution in [3.63, 3.8) is 0 Å². The molecule has 0 heterocycles. The molecule has 3 aromatic carbocycles. The van der Waals surface area contributed by atoms with E-state index in [1.807, 2.05) is 42.5 Å². The molecule has 0 saturated carbocycles. The summed E-state index contributed by atoms with van der Waals surface area (Å²) in [6, 6.07) is 21.3. The topological polar surface area (TPSA) is 41.1 Å². The van der Waals surface area contributed by atoms with Gasteiger partial charge in [0.25, 0.3) is 5.91 Å². The average molecular weight is 385 g/mol. The summed E-state index contributed by atoms with van der Waals surface area (Å²) < 4.78 is 14.4. The van der Waals surface area contributed by atoms with Crippen molar-refractivity contribution in [3.8, 4) is 0 Å². The van der Waals surface area contributed by atoms with Crippen LogP contribution in [0.15, 0.2) is 77.3 Å². The largest absolute Gasteiger partial charge is 0.356 e. The summed E-state index contributed by atoms with van der Waals surface area (Å²) in [6.07, 6.45) is 0. The SMILES string of the molecule is O=C(Nc1ccc(Nc2ccccc2)cc1)c1ccc(Br)cc1F. The molecular formula is C19H14BrFN2O. The summed E-state index contributed by atoms with van der Waals surface area (Å²) >= 11 is 3.17. The second kappa shape index (κ2) is 7.27. The van der Waals surface area contributed by atoms with E-state index < -0.39 is 11.7 Å². The highest BCUT2D eigenvalue weighted by molar-refractivity contribution is 9.10. The van der Waals surface area contributed by atoms with Gasteiger partial charge in [0, 0.05) is 21.5 Å². The molecule has 3 rings (SSSR count). The minimum atomic E-state index is -0.566. The van der Waals surface area contributed by atoms with Crippen LogP contribution in [0.3, 0.4) is 0 Å². The molecule has 5 heteroatoms. The molecule has 0 aliphatic rings. The van der Waals surface area contributed by atoms with E-state index in [4.69, 9.17) is 0 Å². The zero-order chi connectivity index (χ0) is 16.9. The van der Waals surface area contributed by atoms with Gasteiger partial charge in [0.2, 0.25) is 0 Å². The Morgan fingerprint density at radius 1 is 0.833 bits per heavy atom. The maximum Gasteiger partial charge on any atom is 0.258 e. The molecule has 2 N–H and O–H groups in total. The number of nitrogens with one attached hydrogen (secondary N) is 2. The van der Waals surface area contributed by atoms with E-state index in [0.717, 1.165) is 11.4 Å². The van der Waals surface area contributed by atoms with Gasteiger partial charge in [-0.05, 0) is 54.6 Å². The number of hydrogen-bond donors (Lipinski definition) is 2. The van der Waals surface area contributed by atoms with Gasteiger partial charge in [0.1, 0.15) is 5.82 Å². The Balaban J connectivity index is 1.68. The first-order valence-corrected chi connectivity index (χ1v) is 8.10. The van der Waals surface area contributed by atoms with E-state index in [1.165, 1.54) is 12.1 Å². The van der Waals surface area contributed by atoms with Crippen LogP contribution >= 0.6 is 15.9 Å². The van der Waals surface area contributed by atoms with Crippen molar-refractivity contribution < 1.29 is 9.18 Å². The molecule has 0 bridgehead atoms. The first-order chi connectivity index (χ1) is 11.6. The van der Waals surface area contributed by atoms with E-state index in [9.17, 15) is 9.18 Å². The summed E-state index contributed by atoms with van der Waals surface area (Å²) in [6.45, 7) is 0. The highest BCUT2D eigenvalue weighted by Gasteiger charge is 2.12. The molecule has 3 nitrogen and oxygen atoms in total. The van der Waals surface area contributed by atoms with Crippen LogP contribution in [0.1, 0.15) is 10.4 Å². The second-order valence-electron chi connectivity index (χ2n) is 5.15. The van der Waals surface area contributed by atoms with Gasteiger partial charge in [0.15, 0.2) is 0 Å². The number of anilines is 3. The minimum absolute atomic E-state index is 0.00434. The van der Waals surface area contributed by atoms with Crippen molar-refractivity contribution in [2.75, 3.05) is 10.6 Å². The van der Waals surface area contributed by atoms with E-state index in [-0.39, 0.29) is 5.56 Å². The predicted molar refractivity (Wildman–Crippen MR) is 98.2 cm³/mol. The first-order valence-electron chi connectivity index (χ1n) is 7.30. The summed E-state index contributed by atoms with van der Waals surface area (Å²) in [7, 11) is 0. The van der Waals surface area contributed by atoms with Gasteiger partial charge in [-0.25, -0.2) is 4.39 Å². The van der Waals surface area contributed by atoms with Crippen molar-refractivity contribution in [1.82, 2.24) is 0 Å².